The first kappa shape index (κ1) is 21.8. The minimum Gasteiger partial charge on any atom is -0.207 e. The third kappa shape index (κ3) is 5.58. The molecule has 0 heterocycles. The van der Waals surface area contributed by atoms with E-state index < -0.39 is 27.8 Å². The van der Waals surface area contributed by atoms with Crippen LogP contribution in [0.3, 0.4) is 0 Å². The standard InChI is InChI=1S/C23H20F3NO2S/c1-17-7-14-21(15-8-17)30(28,29)27-22(19-5-3-2-4-6-19)16-11-18-9-12-20(13-10-18)23(24,25)26/h2-16,22,27H,1H3/b16-11+/t22-/m1/s1. The maximum absolute atomic E-state index is 12.8. The highest BCUT2D eigenvalue weighted by molar-refractivity contribution is 7.89. The summed E-state index contributed by atoms with van der Waals surface area (Å²) in [6.07, 6.45) is -1.20. The molecule has 0 aromatic heterocycles. The molecule has 3 nitrogen and oxygen atoms in total. The third-order valence-corrected chi connectivity index (χ3v) is 5.95. The Morgan fingerprint density at radius 3 is 2.03 bits per heavy atom. The van der Waals surface area contributed by atoms with E-state index in [1.807, 2.05) is 13.0 Å². The zero-order chi connectivity index (χ0) is 21.8. The monoisotopic (exact) mass is 431 g/mol. The van der Waals surface area contributed by atoms with Gasteiger partial charge in [0.2, 0.25) is 10.0 Å². The lowest BCUT2D eigenvalue weighted by molar-refractivity contribution is -0.137. The first-order valence-electron chi connectivity index (χ1n) is 9.14. The fraction of sp³-hybridized carbons (Fsp3) is 0.130. The van der Waals surface area contributed by atoms with E-state index in [2.05, 4.69) is 4.72 Å². The lowest BCUT2D eigenvalue weighted by Gasteiger charge is -2.16. The Labute approximate surface area is 173 Å². The molecule has 3 aromatic rings. The van der Waals surface area contributed by atoms with Crippen LogP contribution in [-0.4, -0.2) is 8.42 Å². The van der Waals surface area contributed by atoms with Crippen molar-refractivity contribution in [3.8, 4) is 0 Å². The predicted octanol–water partition coefficient (Wildman–Crippen LogP) is 5.75. The van der Waals surface area contributed by atoms with Gasteiger partial charge in [0.1, 0.15) is 0 Å². The van der Waals surface area contributed by atoms with Gasteiger partial charge in [-0.15, -0.1) is 0 Å². The van der Waals surface area contributed by atoms with Crippen LogP contribution in [0, 0.1) is 6.92 Å². The van der Waals surface area contributed by atoms with E-state index in [1.165, 1.54) is 24.3 Å². The number of hydrogen-bond acceptors (Lipinski definition) is 2. The van der Waals surface area contributed by atoms with Crippen molar-refractivity contribution in [2.24, 2.45) is 0 Å². The van der Waals surface area contributed by atoms with Crippen molar-refractivity contribution in [1.82, 2.24) is 4.72 Å². The van der Waals surface area contributed by atoms with E-state index in [9.17, 15) is 21.6 Å². The van der Waals surface area contributed by atoms with Crippen LogP contribution >= 0.6 is 0 Å². The molecule has 0 bridgehead atoms. The van der Waals surface area contributed by atoms with Gasteiger partial charge >= 0.3 is 6.18 Å². The molecule has 156 valence electrons. The van der Waals surface area contributed by atoms with Crippen LogP contribution in [0.4, 0.5) is 13.2 Å². The molecule has 0 radical (unpaired) electrons. The lowest BCUT2D eigenvalue weighted by atomic mass is 10.1. The molecule has 0 aliphatic heterocycles. The van der Waals surface area contributed by atoms with E-state index in [-0.39, 0.29) is 4.90 Å². The van der Waals surface area contributed by atoms with Crippen LogP contribution in [0.1, 0.15) is 28.3 Å². The van der Waals surface area contributed by atoms with Gasteiger partial charge in [0.25, 0.3) is 0 Å². The molecule has 1 N–H and O–H groups in total. The Bertz CT molecular complexity index is 1110. The quantitative estimate of drug-likeness (QED) is 0.540. The second-order valence-electron chi connectivity index (χ2n) is 6.80. The average Bonchev–Trinajstić information content (AvgIpc) is 2.72. The highest BCUT2D eigenvalue weighted by atomic mass is 32.2. The van der Waals surface area contributed by atoms with Crippen LogP contribution < -0.4 is 4.72 Å². The van der Waals surface area contributed by atoms with Crippen LogP contribution in [0.25, 0.3) is 6.08 Å². The summed E-state index contributed by atoms with van der Waals surface area (Å²) in [5.74, 6) is 0. The van der Waals surface area contributed by atoms with Crippen molar-refractivity contribution >= 4 is 16.1 Å². The van der Waals surface area contributed by atoms with Crippen molar-refractivity contribution in [2.45, 2.75) is 24.0 Å². The number of sulfonamides is 1. The molecule has 0 aliphatic rings. The van der Waals surface area contributed by atoms with Crippen molar-refractivity contribution in [1.29, 1.82) is 0 Å². The van der Waals surface area contributed by atoms with Gasteiger partial charge in [0.05, 0.1) is 16.5 Å². The number of aryl methyl sites for hydroxylation is 1. The third-order valence-electron chi connectivity index (χ3n) is 4.49. The van der Waals surface area contributed by atoms with Crippen molar-refractivity contribution in [2.75, 3.05) is 0 Å². The van der Waals surface area contributed by atoms with Gasteiger partial charge in [-0.1, -0.05) is 72.3 Å². The largest absolute Gasteiger partial charge is 0.416 e. The number of nitrogens with one attached hydrogen (secondary N) is 1. The fourth-order valence-electron chi connectivity index (χ4n) is 2.82. The Hall–Kier alpha value is -2.90. The molecular weight excluding hydrogens is 411 g/mol. The molecule has 3 aromatic carbocycles. The molecular formula is C23H20F3NO2S. The molecule has 7 heteroatoms. The Morgan fingerprint density at radius 1 is 0.867 bits per heavy atom. The lowest BCUT2D eigenvalue weighted by Crippen LogP contribution is -2.27. The molecule has 30 heavy (non-hydrogen) atoms. The minimum atomic E-state index is -4.40. The maximum Gasteiger partial charge on any atom is 0.416 e. The molecule has 0 fully saturated rings. The first-order valence-corrected chi connectivity index (χ1v) is 10.6. The van der Waals surface area contributed by atoms with Gasteiger partial charge < -0.3 is 0 Å². The van der Waals surface area contributed by atoms with E-state index in [4.69, 9.17) is 0 Å². The normalized spacial score (nSPS) is 13.5. The van der Waals surface area contributed by atoms with Gasteiger partial charge in [-0.05, 0) is 42.3 Å². The number of halogens is 3. The fourth-order valence-corrected chi connectivity index (χ4v) is 4.00. The zero-order valence-corrected chi connectivity index (χ0v) is 16.9. The van der Waals surface area contributed by atoms with Gasteiger partial charge in [-0.25, -0.2) is 8.42 Å². The van der Waals surface area contributed by atoms with E-state index >= 15 is 0 Å². The molecule has 1 atom stereocenters. The number of hydrogen-bond donors (Lipinski definition) is 1. The highest BCUT2D eigenvalue weighted by Crippen LogP contribution is 2.29. The van der Waals surface area contributed by atoms with Crippen molar-refractivity contribution in [3.05, 3.63) is 107 Å². The summed E-state index contributed by atoms with van der Waals surface area (Å²) in [6, 6.07) is 19.4. The molecule has 0 spiro atoms. The van der Waals surface area contributed by atoms with Gasteiger partial charge in [0.15, 0.2) is 0 Å². The van der Waals surface area contributed by atoms with Crippen LogP contribution in [0.15, 0.2) is 89.8 Å². The summed E-state index contributed by atoms with van der Waals surface area (Å²) in [5.41, 5.74) is 1.44. The SMILES string of the molecule is Cc1ccc(S(=O)(=O)N[C@H](/C=C/c2ccc(C(F)(F)F)cc2)c2ccccc2)cc1. The van der Waals surface area contributed by atoms with Gasteiger partial charge in [0, 0.05) is 0 Å². The van der Waals surface area contributed by atoms with E-state index in [1.54, 1.807) is 48.6 Å². The number of rotatable bonds is 6. The van der Waals surface area contributed by atoms with Gasteiger partial charge in [-0.3, -0.25) is 0 Å². The first-order chi connectivity index (χ1) is 14.1. The smallest absolute Gasteiger partial charge is 0.207 e. The molecule has 0 saturated heterocycles. The molecule has 0 unspecified atom stereocenters. The second-order valence-corrected chi connectivity index (χ2v) is 8.52. The summed E-state index contributed by atoms with van der Waals surface area (Å²) in [4.78, 5) is 0.136. The van der Waals surface area contributed by atoms with Crippen LogP contribution in [-0.2, 0) is 16.2 Å². The van der Waals surface area contributed by atoms with E-state index in [0.717, 1.165) is 17.7 Å². The summed E-state index contributed by atoms with van der Waals surface area (Å²) in [6.45, 7) is 1.86. The molecule has 3 rings (SSSR count). The Morgan fingerprint density at radius 2 is 1.47 bits per heavy atom. The topological polar surface area (TPSA) is 46.2 Å². The zero-order valence-electron chi connectivity index (χ0n) is 16.1. The number of benzene rings is 3. The summed E-state index contributed by atoms with van der Waals surface area (Å²) in [7, 11) is -3.80. The average molecular weight is 431 g/mol. The Kier molecular flexibility index (Phi) is 6.43. The Balaban J connectivity index is 1.88. The van der Waals surface area contributed by atoms with Crippen molar-refractivity contribution in [3.63, 3.8) is 0 Å². The summed E-state index contributed by atoms with van der Waals surface area (Å²) >= 11 is 0. The minimum absolute atomic E-state index is 0.136. The molecule has 0 amide bonds. The van der Waals surface area contributed by atoms with Crippen LogP contribution in [0.2, 0.25) is 0 Å². The van der Waals surface area contributed by atoms with Crippen molar-refractivity contribution < 1.29 is 21.6 Å². The predicted molar refractivity (Wildman–Crippen MR) is 111 cm³/mol. The maximum atomic E-state index is 12.8. The number of alkyl halides is 3. The molecule has 0 saturated carbocycles. The second kappa shape index (κ2) is 8.85. The highest BCUT2D eigenvalue weighted by Gasteiger charge is 2.29. The summed E-state index contributed by atoms with van der Waals surface area (Å²) < 4.78 is 66.5. The summed E-state index contributed by atoms with van der Waals surface area (Å²) in [5, 5.41) is 0. The molecule has 0 aliphatic carbocycles. The van der Waals surface area contributed by atoms with Gasteiger partial charge in [-0.2, -0.15) is 17.9 Å². The van der Waals surface area contributed by atoms with Crippen LogP contribution in [0.5, 0.6) is 0 Å². The van der Waals surface area contributed by atoms with E-state index in [0.29, 0.717) is 11.1 Å².